The minimum Gasteiger partial charge on any atom is -0.312 e. The van der Waals surface area contributed by atoms with E-state index in [1.54, 1.807) is 0 Å². The first-order valence-corrected chi connectivity index (χ1v) is 6.60. The second kappa shape index (κ2) is 10.1. The summed E-state index contributed by atoms with van der Waals surface area (Å²) >= 11 is 1.96. The van der Waals surface area contributed by atoms with E-state index in [-0.39, 0.29) is 0 Å². The molecule has 0 fully saturated rings. The van der Waals surface area contributed by atoms with E-state index in [0.29, 0.717) is 0 Å². The Morgan fingerprint density at radius 2 is 2.13 bits per heavy atom. The molecule has 0 radical (unpaired) electrons. The maximum absolute atomic E-state index is 3.98. The third kappa shape index (κ3) is 11.5. The number of allylic oxidation sites excluding steroid dienone is 3. The fraction of sp³-hybridized carbons (Fsp3) is 0.538. The van der Waals surface area contributed by atoms with Gasteiger partial charge in [0.25, 0.3) is 0 Å². The second-order valence-electron chi connectivity index (χ2n) is 3.64. The molecular weight excluding hydrogens is 202 g/mol. The summed E-state index contributed by atoms with van der Waals surface area (Å²) in [5, 5.41) is 3.37. The van der Waals surface area contributed by atoms with Gasteiger partial charge in [-0.3, -0.25) is 0 Å². The molecule has 0 amide bonds. The van der Waals surface area contributed by atoms with Crippen LogP contribution in [0, 0.1) is 0 Å². The third-order valence-corrected chi connectivity index (χ3v) is 2.64. The molecule has 0 aliphatic rings. The summed E-state index contributed by atoms with van der Waals surface area (Å²) in [7, 11) is 0. The Labute approximate surface area is 98.7 Å². The van der Waals surface area contributed by atoms with E-state index < -0.39 is 0 Å². The van der Waals surface area contributed by atoms with Crippen LogP contribution in [0.25, 0.3) is 0 Å². The normalized spacial score (nSPS) is 10.6. The Hall–Kier alpha value is -0.470. The highest BCUT2D eigenvalue weighted by atomic mass is 32.2. The minimum atomic E-state index is 0.886. The van der Waals surface area contributed by atoms with Crippen molar-refractivity contribution < 1.29 is 0 Å². The smallest absolute Gasteiger partial charge is 0.0199 e. The first-order valence-electron chi connectivity index (χ1n) is 5.44. The first-order chi connectivity index (χ1) is 7.16. The van der Waals surface area contributed by atoms with Crippen molar-refractivity contribution in [3.8, 4) is 0 Å². The zero-order valence-electron chi connectivity index (χ0n) is 10.2. The summed E-state index contributed by atoms with van der Waals surface area (Å²) in [5.74, 6) is 2.38. The third-order valence-electron chi connectivity index (χ3n) is 1.74. The molecule has 0 bridgehead atoms. The predicted molar refractivity (Wildman–Crippen MR) is 73.6 cm³/mol. The highest BCUT2D eigenvalue weighted by Gasteiger charge is 1.88. The SMILES string of the molecule is C=C(/C=C\C=C(C)C)CNCCSCC. The average molecular weight is 225 g/mol. The van der Waals surface area contributed by atoms with E-state index in [1.165, 1.54) is 17.1 Å². The molecule has 0 aromatic carbocycles. The maximum atomic E-state index is 3.98. The van der Waals surface area contributed by atoms with E-state index >= 15 is 0 Å². The maximum Gasteiger partial charge on any atom is 0.0199 e. The number of hydrogen-bond donors (Lipinski definition) is 1. The highest BCUT2D eigenvalue weighted by molar-refractivity contribution is 7.99. The van der Waals surface area contributed by atoms with Crippen LogP contribution < -0.4 is 5.32 Å². The van der Waals surface area contributed by atoms with Gasteiger partial charge in [0.1, 0.15) is 0 Å². The number of hydrogen-bond acceptors (Lipinski definition) is 2. The molecule has 0 spiro atoms. The van der Waals surface area contributed by atoms with Crippen molar-refractivity contribution in [2.75, 3.05) is 24.6 Å². The van der Waals surface area contributed by atoms with Crippen molar-refractivity contribution >= 4 is 11.8 Å². The van der Waals surface area contributed by atoms with E-state index in [2.05, 4.69) is 50.9 Å². The molecule has 86 valence electrons. The summed E-state index contributed by atoms with van der Waals surface area (Å²) in [6.07, 6.45) is 6.21. The fourth-order valence-corrected chi connectivity index (χ4v) is 1.55. The zero-order chi connectivity index (χ0) is 11.5. The molecule has 0 saturated carbocycles. The Kier molecular flexibility index (Phi) is 9.75. The molecule has 0 aromatic rings. The standard InChI is InChI=1S/C13H23NS/c1-5-15-10-9-14-11-13(4)8-6-7-12(2)3/h6-8,14H,4-5,9-11H2,1-3H3/b8-6-. The number of nitrogens with one attached hydrogen (secondary N) is 1. The molecule has 1 N–H and O–H groups in total. The lowest BCUT2D eigenvalue weighted by atomic mass is 10.2. The van der Waals surface area contributed by atoms with Crippen LogP contribution in [0.3, 0.4) is 0 Å². The summed E-state index contributed by atoms with van der Waals surface area (Å²) in [4.78, 5) is 0. The summed E-state index contributed by atoms with van der Waals surface area (Å²) in [6, 6.07) is 0. The van der Waals surface area contributed by atoms with E-state index in [9.17, 15) is 0 Å². The van der Waals surface area contributed by atoms with E-state index in [4.69, 9.17) is 0 Å². The monoisotopic (exact) mass is 225 g/mol. The lowest BCUT2D eigenvalue weighted by Gasteiger charge is -2.03. The molecule has 1 nitrogen and oxygen atoms in total. The van der Waals surface area contributed by atoms with Crippen LogP contribution in [0.2, 0.25) is 0 Å². The molecule has 0 atom stereocenters. The predicted octanol–water partition coefficient (Wildman–Crippen LogP) is 3.41. The lowest BCUT2D eigenvalue weighted by molar-refractivity contribution is 0.792. The molecule has 0 saturated heterocycles. The van der Waals surface area contributed by atoms with Gasteiger partial charge in [-0.2, -0.15) is 11.8 Å². The number of thioether (sulfide) groups is 1. The molecule has 2 heteroatoms. The largest absolute Gasteiger partial charge is 0.312 e. The van der Waals surface area contributed by atoms with Crippen LogP contribution in [0.5, 0.6) is 0 Å². The van der Waals surface area contributed by atoms with Crippen LogP contribution in [-0.4, -0.2) is 24.6 Å². The minimum absolute atomic E-state index is 0.886. The van der Waals surface area contributed by atoms with Gasteiger partial charge in [0, 0.05) is 18.8 Å². The van der Waals surface area contributed by atoms with Gasteiger partial charge in [-0.05, 0) is 25.2 Å². The van der Waals surface area contributed by atoms with Gasteiger partial charge in [-0.1, -0.05) is 37.3 Å². The fourth-order valence-electron chi connectivity index (χ4n) is 0.973. The quantitative estimate of drug-likeness (QED) is 0.502. The topological polar surface area (TPSA) is 12.0 Å². The molecule has 0 unspecified atom stereocenters. The molecule has 0 rings (SSSR count). The summed E-state index contributed by atoms with van der Waals surface area (Å²) < 4.78 is 0. The van der Waals surface area contributed by atoms with Crippen molar-refractivity contribution in [3.63, 3.8) is 0 Å². The Balaban J connectivity index is 3.49. The Morgan fingerprint density at radius 1 is 1.40 bits per heavy atom. The van der Waals surface area contributed by atoms with Crippen LogP contribution in [0.1, 0.15) is 20.8 Å². The molecular formula is C13H23NS. The van der Waals surface area contributed by atoms with Gasteiger partial charge in [0.2, 0.25) is 0 Å². The van der Waals surface area contributed by atoms with Crippen LogP contribution in [-0.2, 0) is 0 Å². The van der Waals surface area contributed by atoms with Gasteiger partial charge in [-0.25, -0.2) is 0 Å². The van der Waals surface area contributed by atoms with Crippen LogP contribution in [0.4, 0.5) is 0 Å². The molecule has 0 heterocycles. The van der Waals surface area contributed by atoms with Crippen molar-refractivity contribution in [1.82, 2.24) is 5.32 Å². The average Bonchev–Trinajstić information content (AvgIpc) is 2.17. The van der Waals surface area contributed by atoms with Gasteiger partial charge in [0.15, 0.2) is 0 Å². The molecule has 0 aromatic heterocycles. The van der Waals surface area contributed by atoms with Crippen molar-refractivity contribution in [2.24, 2.45) is 0 Å². The number of rotatable bonds is 8. The van der Waals surface area contributed by atoms with E-state index in [1.807, 2.05) is 11.8 Å². The lowest BCUT2D eigenvalue weighted by Crippen LogP contribution is -2.19. The van der Waals surface area contributed by atoms with Gasteiger partial charge >= 0.3 is 0 Å². The van der Waals surface area contributed by atoms with Crippen molar-refractivity contribution in [2.45, 2.75) is 20.8 Å². The van der Waals surface area contributed by atoms with Gasteiger partial charge in [0.05, 0.1) is 0 Å². The van der Waals surface area contributed by atoms with Crippen LogP contribution in [0.15, 0.2) is 36.0 Å². The second-order valence-corrected chi connectivity index (χ2v) is 5.03. The Bertz CT molecular complexity index is 225. The van der Waals surface area contributed by atoms with Crippen molar-refractivity contribution in [1.29, 1.82) is 0 Å². The summed E-state index contributed by atoms with van der Waals surface area (Å²) in [6.45, 7) is 12.3. The molecule has 15 heavy (non-hydrogen) atoms. The van der Waals surface area contributed by atoms with Crippen LogP contribution >= 0.6 is 11.8 Å². The van der Waals surface area contributed by atoms with Gasteiger partial charge < -0.3 is 5.32 Å². The first kappa shape index (κ1) is 14.5. The Morgan fingerprint density at radius 3 is 2.73 bits per heavy atom. The highest BCUT2D eigenvalue weighted by Crippen LogP contribution is 1.97. The molecule has 0 aliphatic carbocycles. The zero-order valence-corrected chi connectivity index (χ0v) is 11.0. The van der Waals surface area contributed by atoms with Crippen molar-refractivity contribution in [3.05, 3.63) is 36.0 Å². The van der Waals surface area contributed by atoms with Gasteiger partial charge in [-0.15, -0.1) is 0 Å². The molecule has 0 aliphatic heterocycles. The summed E-state index contributed by atoms with van der Waals surface area (Å²) in [5.41, 5.74) is 2.44. The van der Waals surface area contributed by atoms with E-state index in [0.717, 1.165) is 18.7 Å².